The first-order valence-corrected chi connectivity index (χ1v) is 12.0. The Morgan fingerprint density at radius 1 is 1.09 bits per heavy atom. The number of nitrogens with one attached hydrogen (secondary N) is 2. The van der Waals surface area contributed by atoms with Crippen LogP contribution < -0.4 is 10.6 Å². The van der Waals surface area contributed by atoms with Crippen LogP contribution in [0.3, 0.4) is 0 Å². The Labute approximate surface area is 202 Å². The first kappa shape index (κ1) is 21.1. The summed E-state index contributed by atoms with van der Waals surface area (Å²) in [6.07, 6.45) is 8.23. The molecule has 2 aliphatic rings. The minimum atomic E-state index is -0.0941. The first-order chi connectivity index (χ1) is 16.5. The molecular formula is C26H25ClN6O. The van der Waals surface area contributed by atoms with Crippen LogP contribution in [-0.4, -0.2) is 25.3 Å². The van der Waals surface area contributed by atoms with Gasteiger partial charge in [-0.15, -0.1) is 0 Å². The Hall–Kier alpha value is -3.45. The zero-order chi connectivity index (χ0) is 23.2. The van der Waals surface area contributed by atoms with Crippen LogP contribution in [-0.2, 0) is 11.3 Å². The smallest absolute Gasteiger partial charge is 0.229 e. The van der Waals surface area contributed by atoms with Crippen molar-refractivity contribution in [1.29, 1.82) is 0 Å². The second kappa shape index (κ2) is 8.40. The van der Waals surface area contributed by atoms with Crippen molar-refractivity contribution in [3.8, 4) is 0 Å². The number of benzene rings is 1. The maximum Gasteiger partial charge on any atom is 0.229 e. The molecule has 0 aliphatic heterocycles. The molecule has 2 aliphatic carbocycles. The van der Waals surface area contributed by atoms with E-state index in [0.717, 1.165) is 16.9 Å². The Morgan fingerprint density at radius 2 is 1.94 bits per heavy atom. The number of carbonyl (C=O) groups excluding carboxylic acids is 1. The zero-order valence-electron chi connectivity index (χ0n) is 18.8. The summed E-state index contributed by atoms with van der Waals surface area (Å²) in [5.41, 5.74) is 4.34. The highest BCUT2D eigenvalue weighted by molar-refractivity contribution is 6.30. The fourth-order valence-electron chi connectivity index (χ4n) is 4.81. The maximum atomic E-state index is 12.9. The molecule has 2 N–H and O–H groups in total. The number of anilines is 2. The Morgan fingerprint density at radius 3 is 2.76 bits per heavy atom. The second-order valence-electron chi connectivity index (χ2n) is 9.33. The predicted octanol–water partition coefficient (Wildman–Crippen LogP) is 5.26. The molecule has 2 fully saturated rings. The van der Waals surface area contributed by atoms with Gasteiger partial charge in [0.1, 0.15) is 23.6 Å². The van der Waals surface area contributed by atoms with E-state index in [1.165, 1.54) is 24.7 Å². The van der Waals surface area contributed by atoms with Crippen LogP contribution in [0.25, 0.3) is 5.65 Å². The standard InChI is InChI=1S/C26H25ClN6O/c1-15-24(17-3-2-4-19(27)9-17)25(15)26(34)32-22-10-21(29-14-30-22)28-11-20-13-33-12-18(16-5-6-16)7-8-23(33)31-20/h2-4,7-10,12-16,24-25H,5-6,11H2,1H3,(H2,28,29,30,32,34)/t15?,24?,25-/m0/s1. The summed E-state index contributed by atoms with van der Waals surface area (Å²) in [6, 6.07) is 13.7. The van der Waals surface area contributed by atoms with Gasteiger partial charge in [-0.05, 0) is 59.9 Å². The van der Waals surface area contributed by atoms with Crippen molar-refractivity contribution < 1.29 is 4.79 Å². The molecule has 2 unspecified atom stereocenters. The van der Waals surface area contributed by atoms with E-state index in [4.69, 9.17) is 11.6 Å². The Balaban J connectivity index is 1.09. The van der Waals surface area contributed by atoms with Gasteiger partial charge in [0.05, 0.1) is 12.2 Å². The van der Waals surface area contributed by atoms with Gasteiger partial charge in [-0.2, -0.15) is 0 Å². The second-order valence-corrected chi connectivity index (χ2v) is 9.77. The van der Waals surface area contributed by atoms with Gasteiger partial charge in [-0.3, -0.25) is 4.79 Å². The van der Waals surface area contributed by atoms with Crippen molar-refractivity contribution >= 4 is 34.8 Å². The molecule has 8 heteroatoms. The van der Waals surface area contributed by atoms with Crippen molar-refractivity contribution in [2.75, 3.05) is 10.6 Å². The van der Waals surface area contributed by atoms with Crippen LogP contribution >= 0.6 is 11.6 Å². The highest BCUT2D eigenvalue weighted by atomic mass is 35.5. The summed E-state index contributed by atoms with van der Waals surface area (Å²) in [7, 11) is 0. The monoisotopic (exact) mass is 472 g/mol. The third-order valence-corrected chi connectivity index (χ3v) is 7.09. The largest absolute Gasteiger partial charge is 0.364 e. The number of aromatic nitrogens is 4. The first-order valence-electron chi connectivity index (χ1n) is 11.6. The quantitative estimate of drug-likeness (QED) is 0.383. The SMILES string of the molecule is CC1C(c2cccc(Cl)c2)[C@H]1C(=O)Nc1cc(NCc2cn3cc(C4CC4)ccc3n2)ncn1. The van der Waals surface area contributed by atoms with E-state index in [1.807, 2.05) is 30.5 Å². The highest BCUT2D eigenvalue weighted by Crippen LogP contribution is 2.54. The summed E-state index contributed by atoms with van der Waals surface area (Å²) in [5.74, 6) is 2.13. The summed E-state index contributed by atoms with van der Waals surface area (Å²) >= 11 is 6.13. The molecule has 3 heterocycles. The average molecular weight is 473 g/mol. The van der Waals surface area contributed by atoms with Crippen molar-refractivity contribution in [2.45, 2.75) is 38.1 Å². The fraction of sp³-hybridized carbons (Fsp3) is 0.308. The topological polar surface area (TPSA) is 84.2 Å². The number of amides is 1. The van der Waals surface area contributed by atoms with Crippen LogP contribution in [0.2, 0.25) is 5.02 Å². The number of hydrogen-bond donors (Lipinski definition) is 2. The lowest BCUT2D eigenvalue weighted by atomic mass is 10.1. The predicted molar refractivity (Wildman–Crippen MR) is 132 cm³/mol. The number of halogens is 1. The number of fused-ring (bicyclic) bond motifs is 1. The number of hydrogen-bond acceptors (Lipinski definition) is 5. The van der Waals surface area contributed by atoms with Crippen LogP contribution in [0.4, 0.5) is 11.6 Å². The zero-order valence-corrected chi connectivity index (χ0v) is 19.5. The van der Waals surface area contributed by atoms with Crippen LogP contribution in [0.1, 0.15) is 48.4 Å². The van der Waals surface area contributed by atoms with Crippen LogP contribution in [0.5, 0.6) is 0 Å². The molecule has 0 spiro atoms. The van der Waals surface area contributed by atoms with Crippen LogP contribution in [0.15, 0.2) is 61.2 Å². The Kier molecular flexibility index (Phi) is 5.21. The van der Waals surface area contributed by atoms with Gasteiger partial charge >= 0.3 is 0 Å². The van der Waals surface area contributed by atoms with Gasteiger partial charge in [0.2, 0.25) is 5.91 Å². The molecule has 6 rings (SSSR count). The summed E-state index contributed by atoms with van der Waals surface area (Å²) in [6.45, 7) is 2.62. The number of carbonyl (C=O) groups is 1. The average Bonchev–Trinajstić information content (AvgIpc) is 3.74. The lowest BCUT2D eigenvalue weighted by Gasteiger charge is -2.07. The molecule has 3 atom stereocenters. The summed E-state index contributed by atoms with van der Waals surface area (Å²) in [5, 5.41) is 6.93. The van der Waals surface area contributed by atoms with Gasteiger partial charge < -0.3 is 15.0 Å². The number of imidazole rings is 1. The number of rotatable bonds is 7. The highest BCUT2D eigenvalue weighted by Gasteiger charge is 2.52. The van der Waals surface area contributed by atoms with Gasteiger partial charge in [0, 0.05) is 29.4 Å². The van der Waals surface area contributed by atoms with Gasteiger partial charge in [-0.1, -0.05) is 36.7 Å². The van der Waals surface area contributed by atoms with E-state index in [2.05, 4.69) is 55.2 Å². The molecule has 34 heavy (non-hydrogen) atoms. The minimum Gasteiger partial charge on any atom is -0.364 e. The van der Waals surface area contributed by atoms with Gasteiger partial charge in [0.15, 0.2) is 0 Å². The molecule has 0 radical (unpaired) electrons. The molecule has 172 valence electrons. The maximum absolute atomic E-state index is 12.9. The van der Waals surface area contributed by atoms with Gasteiger partial charge in [0.25, 0.3) is 0 Å². The van der Waals surface area contributed by atoms with Crippen molar-refractivity contribution in [2.24, 2.45) is 11.8 Å². The van der Waals surface area contributed by atoms with Crippen molar-refractivity contribution in [3.63, 3.8) is 0 Å². The molecule has 0 saturated heterocycles. The molecule has 1 aromatic carbocycles. The lowest BCUT2D eigenvalue weighted by molar-refractivity contribution is -0.117. The molecule has 3 aromatic heterocycles. The summed E-state index contributed by atoms with van der Waals surface area (Å²) < 4.78 is 2.09. The number of nitrogens with zero attached hydrogens (tertiary/aromatic N) is 4. The number of pyridine rings is 1. The Bertz CT molecular complexity index is 1380. The van der Waals surface area contributed by atoms with Crippen molar-refractivity contribution in [3.05, 3.63) is 83.0 Å². The molecule has 0 bridgehead atoms. The van der Waals surface area contributed by atoms with E-state index in [-0.39, 0.29) is 23.7 Å². The van der Waals surface area contributed by atoms with Crippen LogP contribution in [0, 0.1) is 11.8 Å². The van der Waals surface area contributed by atoms with E-state index < -0.39 is 0 Å². The van der Waals surface area contributed by atoms with E-state index in [9.17, 15) is 4.79 Å². The lowest BCUT2D eigenvalue weighted by Crippen LogP contribution is -2.16. The van der Waals surface area contributed by atoms with E-state index in [0.29, 0.717) is 29.1 Å². The molecular weight excluding hydrogens is 448 g/mol. The van der Waals surface area contributed by atoms with E-state index >= 15 is 0 Å². The summed E-state index contributed by atoms with van der Waals surface area (Å²) in [4.78, 5) is 26.1. The molecule has 4 aromatic rings. The van der Waals surface area contributed by atoms with Gasteiger partial charge in [-0.25, -0.2) is 15.0 Å². The normalized spacial score (nSPS) is 21.4. The van der Waals surface area contributed by atoms with E-state index in [1.54, 1.807) is 6.07 Å². The minimum absolute atomic E-state index is 0.0334. The fourth-order valence-corrected chi connectivity index (χ4v) is 5.01. The molecule has 2 saturated carbocycles. The molecule has 1 amide bonds. The third-order valence-electron chi connectivity index (χ3n) is 6.86. The van der Waals surface area contributed by atoms with Crippen molar-refractivity contribution in [1.82, 2.24) is 19.4 Å². The molecule has 7 nitrogen and oxygen atoms in total. The third kappa shape index (κ3) is 4.23.